The van der Waals surface area contributed by atoms with Crippen molar-refractivity contribution in [1.82, 2.24) is 4.90 Å². The molecule has 1 fully saturated rings. The van der Waals surface area contributed by atoms with Crippen LogP contribution in [0, 0.1) is 0 Å². The second kappa shape index (κ2) is 11.1. The summed E-state index contributed by atoms with van der Waals surface area (Å²) in [4.78, 5) is 26.0. The van der Waals surface area contributed by atoms with Crippen LogP contribution in [0.1, 0.15) is 38.2 Å². The summed E-state index contributed by atoms with van der Waals surface area (Å²) in [5.74, 6) is 0.994. The van der Waals surface area contributed by atoms with Gasteiger partial charge in [-0.2, -0.15) is 0 Å². The molecule has 1 heterocycles. The minimum absolute atomic E-state index is 0.0872. The minimum atomic E-state index is -0.209. The maximum Gasteiger partial charge on any atom is 0.305 e. The van der Waals surface area contributed by atoms with Gasteiger partial charge in [-0.1, -0.05) is 36.5 Å². The predicted molar refractivity (Wildman–Crippen MR) is 115 cm³/mol. The zero-order chi connectivity index (χ0) is 20.5. The van der Waals surface area contributed by atoms with Gasteiger partial charge in [0.2, 0.25) is 0 Å². The van der Waals surface area contributed by atoms with Crippen molar-refractivity contribution in [2.24, 2.45) is 0 Å². The summed E-state index contributed by atoms with van der Waals surface area (Å²) in [6.45, 7) is 3.01. The fourth-order valence-corrected chi connectivity index (χ4v) is 4.02. The number of ether oxygens (including phenoxy) is 3. The molecular formula is C20H25NO5S2. The number of carbonyl (C=O) groups is 2. The molecule has 0 unspecified atom stereocenters. The highest BCUT2D eigenvalue weighted by Crippen LogP contribution is 2.35. The number of nitrogens with zero attached hydrogens (tertiary/aromatic N) is 1. The topological polar surface area (TPSA) is 65.1 Å². The van der Waals surface area contributed by atoms with Crippen molar-refractivity contribution in [2.75, 3.05) is 27.4 Å². The summed E-state index contributed by atoms with van der Waals surface area (Å²) in [7, 11) is 2.97. The largest absolute Gasteiger partial charge is 0.493 e. The van der Waals surface area contributed by atoms with Crippen LogP contribution in [0.25, 0.3) is 6.08 Å². The van der Waals surface area contributed by atoms with Crippen LogP contribution in [0.4, 0.5) is 0 Å². The van der Waals surface area contributed by atoms with Crippen molar-refractivity contribution in [1.29, 1.82) is 0 Å². The Hall–Kier alpha value is -2.06. The lowest BCUT2D eigenvalue weighted by Gasteiger charge is -2.14. The lowest BCUT2D eigenvalue weighted by atomic mass is 10.1. The lowest BCUT2D eigenvalue weighted by Crippen LogP contribution is -2.29. The van der Waals surface area contributed by atoms with Crippen LogP contribution >= 0.6 is 24.0 Å². The van der Waals surface area contributed by atoms with E-state index in [4.69, 9.17) is 21.7 Å². The fourth-order valence-electron chi connectivity index (χ4n) is 2.71. The number of methoxy groups -OCH3 is 2. The van der Waals surface area contributed by atoms with E-state index in [9.17, 15) is 9.59 Å². The van der Waals surface area contributed by atoms with E-state index in [1.54, 1.807) is 12.0 Å². The Morgan fingerprint density at radius 3 is 2.68 bits per heavy atom. The molecule has 1 aliphatic rings. The smallest absolute Gasteiger partial charge is 0.305 e. The summed E-state index contributed by atoms with van der Waals surface area (Å²) >= 11 is 6.66. The Morgan fingerprint density at radius 2 is 2.00 bits per heavy atom. The molecule has 1 aromatic carbocycles. The molecule has 0 saturated carbocycles. The maximum atomic E-state index is 12.7. The van der Waals surface area contributed by atoms with Gasteiger partial charge in [0, 0.05) is 13.0 Å². The average Bonchev–Trinajstić information content (AvgIpc) is 2.95. The Bertz CT molecular complexity index is 763. The fraction of sp³-hybridized carbons (Fsp3) is 0.450. The van der Waals surface area contributed by atoms with Gasteiger partial charge < -0.3 is 14.2 Å². The number of thioether (sulfide) groups is 1. The molecule has 28 heavy (non-hydrogen) atoms. The lowest BCUT2D eigenvalue weighted by molar-refractivity contribution is -0.140. The van der Waals surface area contributed by atoms with Crippen LogP contribution in [0.3, 0.4) is 0 Å². The number of carbonyl (C=O) groups excluding carboxylic acids is 2. The maximum absolute atomic E-state index is 12.7. The van der Waals surface area contributed by atoms with Crippen molar-refractivity contribution >= 4 is 46.3 Å². The number of benzene rings is 1. The second-order valence-electron chi connectivity index (χ2n) is 6.06. The quantitative estimate of drug-likeness (QED) is 0.244. The van der Waals surface area contributed by atoms with Gasteiger partial charge in [0.1, 0.15) is 4.32 Å². The SMILES string of the molecule is CCOc1ccc(/C=C2\SC(=S)N(CCCCCC(=O)OC)C2=O)cc1OC. The first-order chi connectivity index (χ1) is 13.5. The minimum Gasteiger partial charge on any atom is -0.493 e. The number of rotatable bonds is 10. The van der Waals surface area contributed by atoms with Crippen molar-refractivity contribution in [3.8, 4) is 11.5 Å². The number of esters is 1. The third kappa shape index (κ3) is 5.97. The van der Waals surface area contributed by atoms with Crippen molar-refractivity contribution in [3.63, 3.8) is 0 Å². The van der Waals surface area contributed by atoms with Crippen molar-refractivity contribution in [2.45, 2.75) is 32.6 Å². The molecule has 1 amide bonds. The van der Waals surface area contributed by atoms with Gasteiger partial charge in [0.15, 0.2) is 11.5 Å². The van der Waals surface area contributed by atoms with Crippen molar-refractivity contribution in [3.05, 3.63) is 28.7 Å². The highest BCUT2D eigenvalue weighted by Gasteiger charge is 2.31. The highest BCUT2D eigenvalue weighted by atomic mass is 32.2. The summed E-state index contributed by atoms with van der Waals surface area (Å²) in [6, 6.07) is 5.55. The van der Waals surface area contributed by atoms with E-state index in [0.29, 0.717) is 40.3 Å². The molecule has 0 aromatic heterocycles. The van der Waals surface area contributed by atoms with Gasteiger partial charge in [-0.05, 0) is 43.5 Å². The van der Waals surface area contributed by atoms with E-state index < -0.39 is 0 Å². The van der Waals surface area contributed by atoms with E-state index in [2.05, 4.69) is 4.74 Å². The van der Waals surface area contributed by atoms with E-state index in [1.165, 1.54) is 18.9 Å². The zero-order valence-corrected chi connectivity index (χ0v) is 18.0. The molecule has 0 bridgehead atoms. The Morgan fingerprint density at radius 1 is 1.21 bits per heavy atom. The molecular weight excluding hydrogens is 398 g/mol. The molecule has 1 saturated heterocycles. The molecule has 1 aliphatic heterocycles. The standard InChI is InChI=1S/C20H25NO5S2/c1-4-26-15-10-9-14(12-16(15)24-2)13-17-19(23)21(20(27)28-17)11-7-5-6-8-18(22)25-3/h9-10,12-13H,4-8,11H2,1-3H3/b17-13-. The number of hydrogen-bond acceptors (Lipinski definition) is 7. The number of amides is 1. The van der Waals surface area contributed by atoms with Gasteiger partial charge in [-0.15, -0.1) is 0 Å². The van der Waals surface area contributed by atoms with Gasteiger partial charge >= 0.3 is 5.97 Å². The third-order valence-corrected chi connectivity index (χ3v) is 5.53. The van der Waals surface area contributed by atoms with Crippen LogP contribution in [-0.2, 0) is 14.3 Å². The molecule has 0 aliphatic carbocycles. The Balaban J connectivity index is 1.97. The molecule has 8 heteroatoms. The van der Waals surface area contributed by atoms with Gasteiger partial charge in [-0.25, -0.2) is 0 Å². The third-order valence-electron chi connectivity index (χ3n) is 4.15. The summed E-state index contributed by atoms with van der Waals surface area (Å²) < 4.78 is 16.1. The van der Waals surface area contributed by atoms with E-state index in [-0.39, 0.29) is 11.9 Å². The first-order valence-corrected chi connectivity index (χ1v) is 10.4. The molecule has 0 radical (unpaired) electrons. The number of unbranched alkanes of at least 4 members (excludes halogenated alkanes) is 2. The normalized spacial score (nSPS) is 15.2. The molecule has 0 atom stereocenters. The second-order valence-corrected chi connectivity index (χ2v) is 7.74. The van der Waals surface area contributed by atoms with E-state index >= 15 is 0 Å². The van der Waals surface area contributed by atoms with Crippen LogP contribution in [-0.4, -0.2) is 48.5 Å². The predicted octanol–water partition coefficient (Wildman–Crippen LogP) is 4.03. The summed E-state index contributed by atoms with van der Waals surface area (Å²) in [5, 5.41) is 0. The van der Waals surface area contributed by atoms with Crippen LogP contribution < -0.4 is 9.47 Å². The summed E-state index contributed by atoms with van der Waals surface area (Å²) in [5.41, 5.74) is 0.846. The number of hydrogen-bond donors (Lipinski definition) is 0. The first-order valence-electron chi connectivity index (χ1n) is 9.13. The average molecular weight is 424 g/mol. The van der Waals surface area contributed by atoms with Gasteiger partial charge in [0.25, 0.3) is 5.91 Å². The molecule has 1 aromatic rings. The van der Waals surface area contributed by atoms with Gasteiger partial charge in [-0.3, -0.25) is 14.5 Å². The van der Waals surface area contributed by atoms with E-state index in [0.717, 1.165) is 24.8 Å². The molecule has 2 rings (SSSR count). The zero-order valence-electron chi connectivity index (χ0n) is 16.4. The van der Waals surface area contributed by atoms with E-state index in [1.807, 2.05) is 31.2 Å². The molecule has 6 nitrogen and oxygen atoms in total. The molecule has 0 N–H and O–H groups in total. The van der Waals surface area contributed by atoms with Crippen molar-refractivity contribution < 1.29 is 23.8 Å². The van der Waals surface area contributed by atoms with Gasteiger partial charge in [0.05, 0.1) is 25.7 Å². The summed E-state index contributed by atoms with van der Waals surface area (Å²) in [6.07, 6.45) is 4.57. The molecule has 152 valence electrons. The highest BCUT2D eigenvalue weighted by molar-refractivity contribution is 8.26. The molecule has 0 spiro atoms. The number of thiocarbonyl (C=S) groups is 1. The first kappa shape index (κ1) is 22.2. The Kier molecular flexibility index (Phi) is 8.79. The monoisotopic (exact) mass is 423 g/mol. The van der Waals surface area contributed by atoms with Crippen LogP contribution in [0.2, 0.25) is 0 Å². The van der Waals surface area contributed by atoms with Crippen LogP contribution in [0.5, 0.6) is 11.5 Å². The Labute approximate surface area is 175 Å². The van der Waals surface area contributed by atoms with Crippen LogP contribution in [0.15, 0.2) is 23.1 Å².